The topological polar surface area (TPSA) is 58.2 Å². The molecule has 0 saturated heterocycles. The molecule has 20 heavy (non-hydrogen) atoms. The van der Waals surface area contributed by atoms with E-state index in [-0.39, 0.29) is 29.7 Å². The number of nitrogens with one attached hydrogen (secondary N) is 2. The molecule has 1 saturated carbocycles. The predicted octanol–water partition coefficient (Wildman–Crippen LogP) is 2.86. The molecule has 0 heterocycles. The van der Waals surface area contributed by atoms with Crippen LogP contribution in [0.5, 0.6) is 0 Å². The molecular weight excluding hydrogens is 320 g/mol. The maximum atomic E-state index is 12.1. The van der Waals surface area contributed by atoms with Gasteiger partial charge in [0.2, 0.25) is 11.8 Å². The van der Waals surface area contributed by atoms with Crippen molar-refractivity contribution in [2.75, 3.05) is 5.32 Å². The summed E-state index contributed by atoms with van der Waals surface area (Å²) in [5.74, 6) is -0.495. The average molecular weight is 339 g/mol. The molecule has 1 aromatic rings. The Morgan fingerprint density at radius 2 is 1.90 bits per heavy atom. The van der Waals surface area contributed by atoms with Gasteiger partial charge in [0.25, 0.3) is 0 Å². The Morgan fingerprint density at radius 1 is 1.25 bits per heavy atom. The maximum Gasteiger partial charge on any atom is 0.228 e. The summed E-state index contributed by atoms with van der Waals surface area (Å²) in [4.78, 5) is 23.9. The number of carbonyl (C=O) groups excluding carboxylic acids is 2. The van der Waals surface area contributed by atoms with Crippen LogP contribution in [0.2, 0.25) is 0 Å². The fourth-order valence-corrected chi connectivity index (χ4v) is 2.71. The SMILES string of the molecule is Cc1ccc(NC(=O)C2CC2C(=O)NC(C)C)c(Br)c1. The number of aryl methyl sites for hydroxylation is 1. The van der Waals surface area contributed by atoms with Crippen LogP contribution in [0, 0.1) is 18.8 Å². The smallest absolute Gasteiger partial charge is 0.228 e. The van der Waals surface area contributed by atoms with E-state index in [0.717, 1.165) is 15.7 Å². The lowest BCUT2D eigenvalue weighted by molar-refractivity contribution is -0.125. The number of halogens is 1. The van der Waals surface area contributed by atoms with Gasteiger partial charge in [-0.05, 0) is 60.8 Å². The van der Waals surface area contributed by atoms with Gasteiger partial charge in [-0.3, -0.25) is 9.59 Å². The van der Waals surface area contributed by atoms with E-state index in [1.807, 2.05) is 39.0 Å². The Balaban J connectivity index is 1.92. The zero-order valence-electron chi connectivity index (χ0n) is 11.9. The molecule has 2 atom stereocenters. The molecule has 1 aliphatic carbocycles. The maximum absolute atomic E-state index is 12.1. The molecule has 0 aromatic heterocycles. The molecule has 4 nitrogen and oxygen atoms in total. The third kappa shape index (κ3) is 3.60. The fraction of sp³-hybridized carbons (Fsp3) is 0.467. The van der Waals surface area contributed by atoms with Crippen LogP contribution in [-0.2, 0) is 9.59 Å². The molecule has 2 N–H and O–H groups in total. The summed E-state index contributed by atoms with van der Waals surface area (Å²) in [6.45, 7) is 5.82. The van der Waals surface area contributed by atoms with Crippen molar-refractivity contribution in [3.63, 3.8) is 0 Å². The van der Waals surface area contributed by atoms with E-state index in [1.54, 1.807) is 0 Å². The summed E-state index contributed by atoms with van der Waals surface area (Å²) in [6.07, 6.45) is 0.633. The highest BCUT2D eigenvalue weighted by atomic mass is 79.9. The van der Waals surface area contributed by atoms with Crippen LogP contribution in [-0.4, -0.2) is 17.9 Å². The second-order valence-electron chi connectivity index (χ2n) is 5.58. The number of hydrogen-bond acceptors (Lipinski definition) is 2. The summed E-state index contributed by atoms with van der Waals surface area (Å²) in [5, 5.41) is 5.72. The molecule has 5 heteroatoms. The van der Waals surface area contributed by atoms with Gasteiger partial charge in [0.1, 0.15) is 0 Å². The van der Waals surface area contributed by atoms with E-state index in [0.29, 0.717) is 6.42 Å². The second kappa shape index (κ2) is 5.95. The first-order valence-corrected chi connectivity index (χ1v) is 7.55. The average Bonchev–Trinajstić information content (AvgIpc) is 3.12. The minimum Gasteiger partial charge on any atom is -0.354 e. The molecule has 2 rings (SSSR count). The van der Waals surface area contributed by atoms with Crippen molar-refractivity contribution in [2.45, 2.75) is 33.2 Å². The molecule has 108 valence electrons. The van der Waals surface area contributed by atoms with Crippen LogP contribution in [0.4, 0.5) is 5.69 Å². The number of rotatable bonds is 4. The Labute approximate surface area is 127 Å². The zero-order chi connectivity index (χ0) is 14.9. The van der Waals surface area contributed by atoms with Crippen LogP contribution >= 0.6 is 15.9 Å². The van der Waals surface area contributed by atoms with Crippen molar-refractivity contribution < 1.29 is 9.59 Å². The highest BCUT2D eigenvalue weighted by molar-refractivity contribution is 9.10. The van der Waals surface area contributed by atoms with Gasteiger partial charge in [0.05, 0.1) is 17.5 Å². The highest BCUT2D eigenvalue weighted by Gasteiger charge is 2.48. The number of benzene rings is 1. The first-order chi connectivity index (χ1) is 9.38. The van der Waals surface area contributed by atoms with Gasteiger partial charge in [0, 0.05) is 10.5 Å². The van der Waals surface area contributed by atoms with Crippen molar-refractivity contribution in [3.8, 4) is 0 Å². The lowest BCUT2D eigenvalue weighted by atomic mass is 10.2. The van der Waals surface area contributed by atoms with Gasteiger partial charge < -0.3 is 10.6 Å². The molecule has 0 bridgehead atoms. The first kappa shape index (κ1) is 15.0. The molecule has 1 aromatic carbocycles. The zero-order valence-corrected chi connectivity index (χ0v) is 13.5. The lowest BCUT2D eigenvalue weighted by Crippen LogP contribution is -2.32. The normalized spacial score (nSPS) is 20.6. The predicted molar refractivity (Wildman–Crippen MR) is 82.4 cm³/mol. The molecule has 1 aliphatic rings. The third-order valence-corrected chi connectivity index (χ3v) is 3.93. The summed E-state index contributed by atoms with van der Waals surface area (Å²) < 4.78 is 0.856. The van der Waals surface area contributed by atoms with Crippen molar-refractivity contribution in [1.29, 1.82) is 0 Å². The highest BCUT2D eigenvalue weighted by Crippen LogP contribution is 2.40. The first-order valence-electron chi connectivity index (χ1n) is 6.76. The number of carbonyl (C=O) groups is 2. The summed E-state index contributed by atoms with van der Waals surface area (Å²) in [7, 11) is 0. The largest absolute Gasteiger partial charge is 0.354 e. The Morgan fingerprint density at radius 3 is 2.50 bits per heavy atom. The fourth-order valence-electron chi connectivity index (χ4n) is 2.11. The third-order valence-electron chi connectivity index (χ3n) is 3.28. The van der Waals surface area contributed by atoms with Gasteiger partial charge in [0.15, 0.2) is 0 Å². The Hall–Kier alpha value is -1.36. The van der Waals surface area contributed by atoms with E-state index in [4.69, 9.17) is 0 Å². The number of hydrogen-bond donors (Lipinski definition) is 2. The van der Waals surface area contributed by atoms with Gasteiger partial charge in [-0.1, -0.05) is 6.07 Å². The van der Waals surface area contributed by atoms with Crippen molar-refractivity contribution in [2.24, 2.45) is 11.8 Å². The minimum absolute atomic E-state index is 0.0249. The standard InChI is InChI=1S/C15H19BrN2O2/c1-8(2)17-14(19)10-7-11(10)15(20)18-13-5-4-9(3)6-12(13)16/h4-6,8,10-11H,7H2,1-3H3,(H,17,19)(H,18,20). The number of amides is 2. The minimum atomic E-state index is -0.207. The van der Waals surface area contributed by atoms with E-state index in [9.17, 15) is 9.59 Å². The van der Waals surface area contributed by atoms with Crippen LogP contribution in [0.25, 0.3) is 0 Å². The second-order valence-corrected chi connectivity index (χ2v) is 6.44. The molecular formula is C15H19BrN2O2. The molecule has 0 radical (unpaired) electrons. The van der Waals surface area contributed by atoms with Gasteiger partial charge in [-0.15, -0.1) is 0 Å². The monoisotopic (exact) mass is 338 g/mol. The summed E-state index contributed by atoms with van der Waals surface area (Å²) in [6, 6.07) is 5.86. The van der Waals surface area contributed by atoms with Crippen LogP contribution < -0.4 is 10.6 Å². The Kier molecular flexibility index (Phi) is 4.48. The van der Waals surface area contributed by atoms with E-state index < -0.39 is 0 Å². The van der Waals surface area contributed by atoms with Crippen LogP contribution in [0.3, 0.4) is 0 Å². The van der Waals surface area contributed by atoms with Gasteiger partial charge in [-0.25, -0.2) is 0 Å². The quantitative estimate of drug-likeness (QED) is 0.886. The van der Waals surface area contributed by atoms with E-state index in [2.05, 4.69) is 26.6 Å². The van der Waals surface area contributed by atoms with Crippen molar-refractivity contribution >= 4 is 33.4 Å². The van der Waals surface area contributed by atoms with E-state index in [1.165, 1.54) is 0 Å². The van der Waals surface area contributed by atoms with Crippen molar-refractivity contribution in [1.82, 2.24) is 5.32 Å². The lowest BCUT2D eigenvalue weighted by Gasteiger charge is -2.09. The number of anilines is 1. The molecule has 1 fully saturated rings. The van der Waals surface area contributed by atoms with Crippen molar-refractivity contribution in [3.05, 3.63) is 28.2 Å². The summed E-state index contributed by atoms with van der Waals surface area (Å²) >= 11 is 3.43. The van der Waals surface area contributed by atoms with Crippen LogP contribution in [0.1, 0.15) is 25.8 Å². The Bertz CT molecular complexity index is 543. The molecule has 0 spiro atoms. The van der Waals surface area contributed by atoms with Crippen LogP contribution in [0.15, 0.2) is 22.7 Å². The molecule has 2 unspecified atom stereocenters. The molecule has 2 amide bonds. The summed E-state index contributed by atoms with van der Waals surface area (Å²) in [5.41, 5.74) is 1.87. The van der Waals surface area contributed by atoms with Gasteiger partial charge >= 0.3 is 0 Å². The molecule has 0 aliphatic heterocycles. The van der Waals surface area contributed by atoms with E-state index >= 15 is 0 Å². The van der Waals surface area contributed by atoms with Gasteiger partial charge in [-0.2, -0.15) is 0 Å².